The number of amides is 2. The van der Waals surface area contributed by atoms with E-state index in [1.165, 1.54) is 6.42 Å². The van der Waals surface area contributed by atoms with Crippen LogP contribution in [0.3, 0.4) is 0 Å². The summed E-state index contributed by atoms with van der Waals surface area (Å²) in [5.74, 6) is 0. The van der Waals surface area contributed by atoms with Crippen molar-refractivity contribution < 1.29 is 4.79 Å². The van der Waals surface area contributed by atoms with Crippen LogP contribution in [0.25, 0.3) is 0 Å². The van der Waals surface area contributed by atoms with Crippen molar-refractivity contribution in [3.8, 4) is 0 Å². The highest BCUT2D eigenvalue weighted by atomic mass is 16.2. The molecule has 2 fully saturated rings. The topological polar surface area (TPSA) is 38.8 Å². The van der Waals surface area contributed by atoms with Crippen LogP contribution in [0, 0.1) is 5.41 Å². The molecule has 1 unspecified atom stereocenters. The van der Waals surface area contributed by atoms with Crippen molar-refractivity contribution in [1.29, 1.82) is 0 Å². The SMILES string of the molecule is CCN(CC)C(=O)N1CCN(CC2(C)CCNC2)CC1. The Kier molecular flexibility index (Phi) is 5.27. The Labute approximate surface area is 123 Å². The first-order valence-corrected chi connectivity index (χ1v) is 8.05. The third-order valence-corrected chi connectivity index (χ3v) is 4.74. The molecule has 20 heavy (non-hydrogen) atoms. The van der Waals surface area contributed by atoms with E-state index in [0.717, 1.165) is 58.9 Å². The van der Waals surface area contributed by atoms with Gasteiger partial charge in [-0.15, -0.1) is 0 Å². The molecular formula is C15H30N4O. The fraction of sp³-hybridized carbons (Fsp3) is 0.933. The molecule has 0 aromatic heterocycles. The fourth-order valence-corrected chi connectivity index (χ4v) is 3.33. The van der Waals surface area contributed by atoms with Crippen LogP contribution >= 0.6 is 0 Å². The van der Waals surface area contributed by atoms with Crippen LogP contribution in [0.5, 0.6) is 0 Å². The minimum Gasteiger partial charge on any atom is -0.325 e. The monoisotopic (exact) mass is 282 g/mol. The lowest BCUT2D eigenvalue weighted by Gasteiger charge is -2.40. The zero-order valence-electron chi connectivity index (χ0n) is 13.3. The second kappa shape index (κ2) is 6.76. The van der Waals surface area contributed by atoms with Gasteiger partial charge in [0.1, 0.15) is 0 Å². The molecule has 0 spiro atoms. The van der Waals surface area contributed by atoms with Gasteiger partial charge in [-0.05, 0) is 32.2 Å². The Morgan fingerprint density at radius 3 is 2.35 bits per heavy atom. The van der Waals surface area contributed by atoms with Gasteiger partial charge < -0.3 is 15.1 Å². The molecule has 5 heteroatoms. The summed E-state index contributed by atoms with van der Waals surface area (Å²) in [5, 5.41) is 3.46. The fourth-order valence-electron chi connectivity index (χ4n) is 3.33. The van der Waals surface area contributed by atoms with Gasteiger partial charge in [0.2, 0.25) is 0 Å². The normalized spacial score (nSPS) is 27.9. The molecule has 2 saturated heterocycles. The summed E-state index contributed by atoms with van der Waals surface area (Å²) in [6.07, 6.45) is 1.27. The van der Waals surface area contributed by atoms with Crippen LogP contribution < -0.4 is 5.32 Å². The number of hydrogen-bond donors (Lipinski definition) is 1. The summed E-state index contributed by atoms with van der Waals surface area (Å²) in [6, 6.07) is 0.211. The maximum atomic E-state index is 12.3. The van der Waals surface area contributed by atoms with Gasteiger partial charge in [0.05, 0.1) is 0 Å². The molecule has 0 bridgehead atoms. The molecule has 0 aromatic carbocycles. The molecule has 0 aliphatic carbocycles. The number of nitrogens with zero attached hydrogens (tertiary/aromatic N) is 3. The van der Waals surface area contributed by atoms with Crippen molar-refractivity contribution in [1.82, 2.24) is 20.0 Å². The smallest absolute Gasteiger partial charge is 0.320 e. The number of urea groups is 1. The van der Waals surface area contributed by atoms with Gasteiger partial charge in [-0.1, -0.05) is 6.92 Å². The van der Waals surface area contributed by atoms with Crippen molar-refractivity contribution in [3.05, 3.63) is 0 Å². The van der Waals surface area contributed by atoms with E-state index >= 15 is 0 Å². The van der Waals surface area contributed by atoms with Crippen LogP contribution in [0.4, 0.5) is 4.79 Å². The molecule has 1 atom stereocenters. The standard InChI is InChI=1S/C15H30N4O/c1-4-18(5-2)14(20)19-10-8-17(9-11-19)13-15(3)6-7-16-12-15/h16H,4-13H2,1-3H3. The zero-order valence-corrected chi connectivity index (χ0v) is 13.3. The first-order chi connectivity index (χ1) is 9.58. The molecule has 0 saturated carbocycles. The van der Waals surface area contributed by atoms with E-state index < -0.39 is 0 Å². The van der Waals surface area contributed by atoms with Gasteiger partial charge in [0.25, 0.3) is 0 Å². The molecule has 0 aromatic rings. The lowest BCUT2D eigenvalue weighted by atomic mass is 9.89. The molecule has 2 amide bonds. The maximum Gasteiger partial charge on any atom is 0.320 e. The first-order valence-electron chi connectivity index (χ1n) is 8.05. The summed E-state index contributed by atoms with van der Waals surface area (Å²) >= 11 is 0. The van der Waals surface area contributed by atoms with E-state index in [1.54, 1.807) is 0 Å². The van der Waals surface area contributed by atoms with Crippen LogP contribution in [0.15, 0.2) is 0 Å². The predicted molar refractivity (Wildman–Crippen MR) is 81.9 cm³/mol. The third kappa shape index (κ3) is 3.64. The van der Waals surface area contributed by atoms with E-state index in [4.69, 9.17) is 0 Å². The Bertz CT molecular complexity index is 316. The maximum absolute atomic E-state index is 12.3. The molecule has 0 radical (unpaired) electrons. The summed E-state index contributed by atoms with van der Waals surface area (Å²) < 4.78 is 0. The van der Waals surface area contributed by atoms with Crippen molar-refractivity contribution in [2.45, 2.75) is 27.2 Å². The Balaban J connectivity index is 1.78. The van der Waals surface area contributed by atoms with Gasteiger partial charge >= 0.3 is 6.03 Å². The van der Waals surface area contributed by atoms with E-state index in [9.17, 15) is 4.79 Å². The zero-order chi connectivity index (χ0) is 14.6. The second-order valence-corrected chi connectivity index (χ2v) is 6.46. The number of rotatable bonds is 4. The Hall–Kier alpha value is -0.810. The Morgan fingerprint density at radius 1 is 1.20 bits per heavy atom. The lowest BCUT2D eigenvalue weighted by molar-refractivity contribution is 0.0935. The minimum absolute atomic E-state index is 0.211. The van der Waals surface area contributed by atoms with E-state index in [1.807, 2.05) is 23.6 Å². The molecule has 116 valence electrons. The van der Waals surface area contributed by atoms with E-state index in [2.05, 4.69) is 17.1 Å². The lowest BCUT2D eigenvalue weighted by Crippen LogP contribution is -2.54. The van der Waals surface area contributed by atoms with Crippen molar-refractivity contribution in [3.63, 3.8) is 0 Å². The number of carbonyl (C=O) groups is 1. The molecule has 2 aliphatic heterocycles. The van der Waals surface area contributed by atoms with Crippen LogP contribution in [-0.4, -0.2) is 79.6 Å². The molecule has 5 nitrogen and oxygen atoms in total. The van der Waals surface area contributed by atoms with Gasteiger partial charge in [0.15, 0.2) is 0 Å². The number of carbonyl (C=O) groups excluding carboxylic acids is 1. The molecule has 2 heterocycles. The second-order valence-electron chi connectivity index (χ2n) is 6.46. The van der Waals surface area contributed by atoms with Crippen LogP contribution in [-0.2, 0) is 0 Å². The number of piperazine rings is 1. The van der Waals surface area contributed by atoms with Crippen LogP contribution in [0.2, 0.25) is 0 Å². The van der Waals surface area contributed by atoms with Crippen molar-refractivity contribution >= 4 is 6.03 Å². The molecule has 1 N–H and O–H groups in total. The van der Waals surface area contributed by atoms with E-state index in [0.29, 0.717) is 5.41 Å². The average molecular weight is 282 g/mol. The van der Waals surface area contributed by atoms with Crippen molar-refractivity contribution in [2.24, 2.45) is 5.41 Å². The van der Waals surface area contributed by atoms with Gasteiger partial charge in [-0.3, -0.25) is 4.90 Å². The van der Waals surface area contributed by atoms with Crippen molar-refractivity contribution in [2.75, 3.05) is 58.9 Å². The summed E-state index contributed by atoms with van der Waals surface area (Å²) in [7, 11) is 0. The third-order valence-electron chi connectivity index (χ3n) is 4.74. The minimum atomic E-state index is 0.211. The summed E-state index contributed by atoms with van der Waals surface area (Å²) in [5.41, 5.74) is 0.422. The molecule has 2 rings (SSSR count). The highest BCUT2D eigenvalue weighted by molar-refractivity contribution is 5.74. The number of hydrogen-bond acceptors (Lipinski definition) is 3. The van der Waals surface area contributed by atoms with Gasteiger partial charge in [0, 0.05) is 52.4 Å². The summed E-state index contributed by atoms with van der Waals surface area (Å²) in [4.78, 5) is 18.8. The largest absolute Gasteiger partial charge is 0.325 e. The van der Waals surface area contributed by atoms with Gasteiger partial charge in [-0.25, -0.2) is 4.79 Å². The highest BCUT2D eigenvalue weighted by Crippen LogP contribution is 2.26. The van der Waals surface area contributed by atoms with Gasteiger partial charge in [-0.2, -0.15) is 0 Å². The average Bonchev–Trinajstić information content (AvgIpc) is 2.87. The first kappa shape index (κ1) is 15.6. The summed E-state index contributed by atoms with van der Waals surface area (Å²) in [6.45, 7) is 15.3. The Morgan fingerprint density at radius 2 is 1.85 bits per heavy atom. The predicted octanol–water partition coefficient (Wildman–Crippen LogP) is 1.07. The molecule has 2 aliphatic rings. The highest BCUT2D eigenvalue weighted by Gasteiger charge is 2.32. The van der Waals surface area contributed by atoms with Crippen LogP contribution in [0.1, 0.15) is 27.2 Å². The quantitative estimate of drug-likeness (QED) is 0.838. The van der Waals surface area contributed by atoms with E-state index in [-0.39, 0.29) is 6.03 Å². The molecular weight excluding hydrogens is 252 g/mol. The number of nitrogens with one attached hydrogen (secondary N) is 1.